The quantitative estimate of drug-likeness (QED) is 0.774. The summed E-state index contributed by atoms with van der Waals surface area (Å²) in [6.45, 7) is 8.16. The minimum absolute atomic E-state index is 0.0653. The van der Waals surface area contributed by atoms with Crippen molar-refractivity contribution in [3.8, 4) is 0 Å². The second-order valence-electron chi connectivity index (χ2n) is 6.81. The smallest absolute Gasteiger partial charge is 0.237 e. The van der Waals surface area contributed by atoms with E-state index in [1.165, 1.54) is 40.8 Å². The number of aryl methyl sites for hydroxylation is 5. The van der Waals surface area contributed by atoms with Crippen LogP contribution in [0.25, 0.3) is 0 Å². The number of hydrogen-bond donors (Lipinski definition) is 1. The summed E-state index contributed by atoms with van der Waals surface area (Å²) >= 11 is 1.64. The van der Waals surface area contributed by atoms with Crippen LogP contribution in [-0.4, -0.2) is 11.2 Å². The highest BCUT2D eigenvalue weighted by molar-refractivity contribution is 8.00. The molecule has 0 fully saturated rings. The largest absolute Gasteiger partial charge is 0.325 e. The summed E-state index contributed by atoms with van der Waals surface area (Å²) in [5.41, 5.74) is 7.35. The van der Waals surface area contributed by atoms with Gasteiger partial charge in [0.05, 0.1) is 5.25 Å². The molecule has 3 heteroatoms. The minimum atomic E-state index is -0.121. The number of hydrogen-bond acceptors (Lipinski definition) is 2. The van der Waals surface area contributed by atoms with Crippen molar-refractivity contribution in [3.63, 3.8) is 0 Å². The van der Waals surface area contributed by atoms with Crippen LogP contribution in [0.2, 0.25) is 0 Å². The van der Waals surface area contributed by atoms with Crippen molar-refractivity contribution >= 4 is 23.4 Å². The van der Waals surface area contributed by atoms with Gasteiger partial charge in [0.25, 0.3) is 0 Å². The monoisotopic (exact) mass is 339 g/mol. The van der Waals surface area contributed by atoms with Crippen molar-refractivity contribution in [2.75, 3.05) is 5.32 Å². The first-order valence-corrected chi connectivity index (χ1v) is 9.49. The van der Waals surface area contributed by atoms with Crippen molar-refractivity contribution in [1.29, 1.82) is 0 Å². The van der Waals surface area contributed by atoms with Crippen LogP contribution in [0.5, 0.6) is 0 Å². The van der Waals surface area contributed by atoms with Crippen LogP contribution in [0.1, 0.15) is 41.2 Å². The molecule has 0 unspecified atom stereocenters. The molecule has 2 nitrogen and oxygen atoms in total. The highest BCUT2D eigenvalue weighted by Crippen LogP contribution is 2.30. The Morgan fingerprint density at radius 3 is 2.42 bits per heavy atom. The fourth-order valence-electron chi connectivity index (χ4n) is 3.48. The van der Waals surface area contributed by atoms with Gasteiger partial charge in [-0.15, -0.1) is 11.8 Å². The molecule has 126 valence electrons. The van der Waals surface area contributed by atoms with Crippen molar-refractivity contribution in [2.24, 2.45) is 0 Å². The Morgan fingerprint density at radius 2 is 1.71 bits per heavy atom. The predicted octanol–water partition coefficient (Wildman–Crippen LogP) is 5.22. The summed E-state index contributed by atoms with van der Waals surface area (Å²) in [6, 6.07) is 10.9. The van der Waals surface area contributed by atoms with Crippen molar-refractivity contribution in [1.82, 2.24) is 0 Å². The molecule has 0 heterocycles. The van der Waals surface area contributed by atoms with Crippen molar-refractivity contribution < 1.29 is 4.79 Å². The third kappa shape index (κ3) is 3.67. The van der Waals surface area contributed by atoms with E-state index in [4.69, 9.17) is 0 Å². The molecule has 24 heavy (non-hydrogen) atoms. The van der Waals surface area contributed by atoms with Crippen LogP contribution in [0.3, 0.4) is 0 Å². The molecular weight excluding hydrogens is 314 g/mol. The topological polar surface area (TPSA) is 29.1 Å². The van der Waals surface area contributed by atoms with E-state index in [1.54, 1.807) is 11.8 Å². The highest BCUT2D eigenvalue weighted by Gasteiger charge is 2.18. The molecule has 0 spiro atoms. The Balaban J connectivity index is 1.69. The second kappa shape index (κ2) is 7.02. The molecule has 1 aliphatic carbocycles. The van der Waals surface area contributed by atoms with Gasteiger partial charge in [-0.05, 0) is 81.3 Å². The third-order valence-electron chi connectivity index (χ3n) is 4.68. The predicted molar refractivity (Wildman–Crippen MR) is 103 cm³/mol. The lowest BCUT2D eigenvalue weighted by atomic mass is 10.1. The van der Waals surface area contributed by atoms with E-state index in [2.05, 4.69) is 42.6 Å². The zero-order valence-electron chi connectivity index (χ0n) is 14.9. The second-order valence-corrected chi connectivity index (χ2v) is 8.22. The maximum absolute atomic E-state index is 12.6. The Labute approximate surface area is 149 Å². The molecule has 0 saturated carbocycles. The number of fused-ring (bicyclic) bond motifs is 1. The first kappa shape index (κ1) is 17.1. The van der Waals surface area contributed by atoms with E-state index >= 15 is 0 Å². The Bertz CT molecular complexity index is 758. The lowest BCUT2D eigenvalue weighted by Crippen LogP contribution is -2.23. The van der Waals surface area contributed by atoms with E-state index in [1.807, 2.05) is 20.8 Å². The van der Waals surface area contributed by atoms with Crippen LogP contribution >= 0.6 is 11.8 Å². The molecule has 0 radical (unpaired) electrons. The van der Waals surface area contributed by atoms with E-state index in [-0.39, 0.29) is 11.2 Å². The maximum atomic E-state index is 12.6. The zero-order chi connectivity index (χ0) is 17.3. The molecule has 0 aromatic heterocycles. The molecule has 0 saturated heterocycles. The molecule has 1 atom stereocenters. The molecule has 3 rings (SSSR count). The number of amides is 1. The molecule has 0 bridgehead atoms. The molecule has 1 N–H and O–H groups in total. The van der Waals surface area contributed by atoms with Crippen LogP contribution in [0.15, 0.2) is 35.2 Å². The molecule has 1 amide bonds. The Hall–Kier alpha value is -1.74. The lowest BCUT2D eigenvalue weighted by Gasteiger charge is -2.16. The fraction of sp³-hybridized carbons (Fsp3) is 0.381. The molecule has 2 aromatic carbocycles. The number of rotatable bonds is 4. The number of thioether (sulfide) groups is 1. The van der Waals surface area contributed by atoms with Gasteiger partial charge < -0.3 is 5.32 Å². The van der Waals surface area contributed by atoms with Gasteiger partial charge in [-0.25, -0.2) is 0 Å². The van der Waals surface area contributed by atoms with E-state index in [0.717, 1.165) is 16.8 Å². The molecule has 2 aromatic rings. The maximum Gasteiger partial charge on any atom is 0.237 e. The highest BCUT2D eigenvalue weighted by atomic mass is 32.2. The lowest BCUT2D eigenvalue weighted by molar-refractivity contribution is -0.115. The SMILES string of the molecule is Cc1cc(C)c(NC(=O)[C@H](C)Sc2ccc3c(c2)CCC3)c(C)c1. The van der Waals surface area contributed by atoms with Gasteiger partial charge in [-0.1, -0.05) is 23.8 Å². The van der Waals surface area contributed by atoms with Gasteiger partial charge in [-0.3, -0.25) is 4.79 Å². The minimum Gasteiger partial charge on any atom is -0.325 e. The summed E-state index contributed by atoms with van der Waals surface area (Å²) < 4.78 is 0. The number of benzene rings is 2. The van der Waals surface area contributed by atoms with Gasteiger partial charge in [0.15, 0.2) is 0 Å². The molecule has 1 aliphatic rings. The van der Waals surface area contributed by atoms with Gasteiger partial charge in [-0.2, -0.15) is 0 Å². The third-order valence-corrected chi connectivity index (χ3v) is 5.77. The van der Waals surface area contributed by atoms with Crippen LogP contribution in [0.4, 0.5) is 5.69 Å². The van der Waals surface area contributed by atoms with Crippen LogP contribution in [0, 0.1) is 20.8 Å². The Morgan fingerprint density at radius 1 is 1.04 bits per heavy atom. The van der Waals surface area contributed by atoms with E-state index in [9.17, 15) is 4.79 Å². The van der Waals surface area contributed by atoms with Crippen molar-refractivity contribution in [2.45, 2.75) is 57.1 Å². The summed E-state index contributed by atoms with van der Waals surface area (Å²) in [5, 5.41) is 3.00. The van der Waals surface area contributed by atoms with Crippen LogP contribution in [-0.2, 0) is 17.6 Å². The summed E-state index contributed by atoms with van der Waals surface area (Å²) in [4.78, 5) is 13.8. The number of nitrogens with one attached hydrogen (secondary N) is 1. The average Bonchev–Trinajstić information content (AvgIpc) is 2.98. The fourth-order valence-corrected chi connectivity index (χ4v) is 4.41. The van der Waals surface area contributed by atoms with Gasteiger partial charge in [0, 0.05) is 10.6 Å². The normalized spacial score (nSPS) is 14.3. The molecular formula is C21H25NOS. The first-order chi connectivity index (χ1) is 11.4. The van der Waals surface area contributed by atoms with Gasteiger partial charge in [0.1, 0.15) is 0 Å². The zero-order valence-corrected chi connectivity index (χ0v) is 15.7. The Kier molecular flexibility index (Phi) is 5.00. The number of carbonyl (C=O) groups is 1. The van der Waals surface area contributed by atoms with Gasteiger partial charge in [0.2, 0.25) is 5.91 Å². The van der Waals surface area contributed by atoms with E-state index in [0.29, 0.717) is 0 Å². The standard InChI is InChI=1S/C21H25NOS/c1-13-10-14(2)20(15(3)11-13)22-21(23)16(4)24-19-9-8-17-6-5-7-18(17)12-19/h8-12,16H,5-7H2,1-4H3,(H,22,23)/t16-/m0/s1. The summed E-state index contributed by atoms with van der Waals surface area (Å²) in [6.07, 6.45) is 3.62. The van der Waals surface area contributed by atoms with Crippen LogP contribution < -0.4 is 5.32 Å². The molecule has 0 aliphatic heterocycles. The number of carbonyl (C=O) groups excluding carboxylic acids is 1. The van der Waals surface area contributed by atoms with Crippen molar-refractivity contribution in [3.05, 3.63) is 58.1 Å². The first-order valence-electron chi connectivity index (χ1n) is 8.61. The number of anilines is 1. The van der Waals surface area contributed by atoms with Gasteiger partial charge >= 0.3 is 0 Å². The summed E-state index contributed by atoms with van der Waals surface area (Å²) in [5.74, 6) is 0.0653. The van der Waals surface area contributed by atoms with E-state index < -0.39 is 0 Å². The average molecular weight is 340 g/mol. The summed E-state index contributed by atoms with van der Waals surface area (Å²) in [7, 11) is 0.